The first-order chi connectivity index (χ1) is 17.0. The second-order valence-corrected chi connectivity index (χ2v) is 9.51. The van der Waals surface area contributed by atoms with Crippen molar-refractivity contribution in [2.75, 3.05) is 0 Å². The molecule has 0 saturated heterocycles. The molecular weight excluding hydrogens is 475 g/mol. The molecule has 0 amide bonds. The number of rotatable bonds is 7. The number of ether oxygens (including phenoxy) is 1. The van der Waals surface area contributed by atoms with Crippen molar-refractivity contribution in [2.45, 2.75) is 50.5 Å². The maximum absolute atomic E-state index is 14.0. The summed E-state index contributed by atoms with van der Waals surface area (Å²) in [5.41, 5.74) is 2.93. The Morgan fingerprint density at radius 2 is 1.78 bits per heavy atom. The predicted octanol–water partition coefficient (Wildman–Crippen LogP) is 8.36. The molecule has 5 heteroatoms. The van der Waals surface area contributed by atoms with Gasteiger partial charge in [0.2, 0.25) is 0 Å². The van der Waals surface area contributed by atoms with Gasteiger partial charge in [-0.1, -0.05) is 73.7 Å². The number of hydrogen-bond acceptors (Lipinski definition) is 2. The molecule has 0 aromatic heterocycles. The minimum atomic E-state index is -1.25. The molecule has 0 aliphatic carbocycles. The number of carbonyl (C=O) groups is 1. The summed E-state index contributed by atoms with van der Waals surface area (Å²) >= 11 is 0. The molecule has 3 atom stereocenters. The van der Waals surface area contributed by atoms with Gasteiger partial charge in [-0.3, -0.25) is 0 Å². The standard InChI is InChI=1S/C31H29FO3.ClH/c1-20(24-14-7-10-21-9-2-3-12-25(21)24)8-6-11-23-19-27(26-13-4-5-15-30(26)35-23)22-16-17-29(32)28(18-22)31(33)34;/h2-5,7,9-10,12-18,20,23,27H,6,8,11,19H2,1H3,(H,33,34);1H/t20-,23+,27+;/m0./s1. The molecule has 5 rings (SSSR count). The van der Waals surface area contributed by atoms with Crippen LogP contribution in [0.1, 0.15) is 71.5 Å². The Bertz CT molecular complexity index is 1360. The van der Waals surface area contributed by atoms with E-state index in [0.717, 1.165) is 42.6 Å². The first-order valence-corrected chi connectivity index (χ1v) is 12.3. The number of carboxylic acids is 1. The van der Waals surface area contributed by atoms with Crippen LogP contribution in [0.2, 0.25) is 0 Å². The summed E-state index contributed by atoms with van der Waals surface area (Å²) in [5, 5.41) is 12.0. The lowest BCUT2D eigenvalue weighted by atomic mass is 9.82. The molecule has 1 N–H and O–H groups in total. The monoisotopic (exact) mass is 504 g/mol. The van der Waals surface area contributed by atoms with Crippen molar-refractivity contribution < 1.29 is 19.0 Å². The quantitative estimate of drug-likeness (QED) is 0.275. The second-order valence-electron chi connectivity index (χ2n) is 9.51. The number of para-hydroxylation sites is 1. The molecule has 4 aromatic carbocycles. The zero-order valence-corrected chi connectivity index (χ0v) is 21.0. The summed E-state index contributed by atoms with van der Waals surface area (Å²) in [6.45, 7) is 2.29. The maximum Gasteiger partial charge on any atom is 0.338 e. The largest absolute Gasteiger partial charge is 0.490 e. The first-order valence-electron chi connectivity index (χ1n) is 12.3. The van der Waals surface area contributed by atoms with Crippen LogP contribution in [0.3, 0.4) is 0 Å². The van der Waals surface area contributed by atoms with E-state index in [1.807, 2.05) is 24.3 Å². The molecule has 1 aliphatic rings. The first kappa shape index (κ1) is 25.7. The zero-order chi connectivity index (χ0) is 24.4. The highest BCUT2D eigenvalue weighted by molar-refractivity contribution is 5.88. The number of carboxylic acid groups (broad SMARTS) is 1. The van der Waals surface area contributed by atoms with Crippen LogP contribution in [0.5, 0.6) is 5.75 Å². The number of benzene rings is 4. The molecule has 0 bridgehead atoms. The second kappa shape index (κ2) is 11.1. The van der Waals surface area contributed by atoms with Crippen molar-refractivity contribution in [3.8, 4) is 5.75 Å². The Morgan fingerprint density at radius 1 is 1.03 bits per heavy atom. The van der Waals surface area contributed by atoms with Crippen LogP contribution < -0.4 is 4.74 Å². The molecule has 0 radical (unpaired) electrons. The van der Waals surface area contributed by atoms with Crippen molar-refractivity contribution in [2.24, 2.45) is 0 Å². The third kappa shape index (κ3) is 5.24. The van der Waals surface area contributed by atoms with Crippen LogP contribution in [0, 0.1) is 5.82 Å². The SMILES string of the molecule is C[C@@H](CCC[C@@H]1C[C@H](c2ccc(F)c(C(=O)O)c2)c2ccccc2O1)c1cccc2ccccc12.Cl. The van der Waals surface area contributed by atoms with E-state index in [2.05, 4.69) is 49.4 Å². The Balaban J connectivity index is 0.00000304. The molecule has 0 saturated carbocycles. The number of halogens is 2. The Labute approximate surface area is 217 Å². The average Bonchev–Trinajstić information content (AvgIpc) is 2.88. The molecule has 3 nitrogen and oxygen atoms in total. The fourth-order valence-electron chi connectivity index (χ4n) is 5.40. The summed E-state index contributed by atoms with van der Waals surface area (Å²) in [4.78, 5) is 11.5. The smallest absolute Gasteiger partial charge is 0.338 e. The molecule has 0 spiro atoms. The topological polar surface area (TPSA) is 46.5 Å². The van der Waals surface area contributed by atoms with Crippen molar-refractivity contribution in [3.63, 3.8) is 0 Å². The number of fused-ring (bicyclic) bond motifs is 2. The number of hydrogen-bond donors (Lipinski definition) is 1. The number of aromatic carboxylic acids is 1. The molecule has 1 aliphatic heterocycles. The Hall–Kier alpha value is -3.37. The minimum absolute atomic E-state index is 0. The Kier molecular flexibility index (Phi) is 7.95. The summed E-state index contributed by atoms with van der Waals surface area (Å²) in [7, 11) is 0. The van der Waals surface area contributed by atoms with E-state index in [9.17, 15) is 14.3 Å². The fourth-order valence-corrected chi connectivity index (χ4v) is 5.40. The maximum atomic E-state index is 14.0. The normalized spacial score (nSPS) is 17.5. The van der Waals surface area contributed by atoms with Crippen LogP contribution in [-0.2, 0) is 0 Å². The van der Waals surface area contributed by atoms with Gasteiger partial charge < -0.3 is 9.84 Å². The van der Waals surface area contributed by atoms with Crippen LogP contribution in [0.4, 0.5) is 4.39 Å². The fraction of sp³-hybridized carbons (Fsp3) is 0.258. The van der Waals surface area contributed by atoms with E-state index in [-0.39, 0.29) is 30.0 Å². The molecule has 36 heavy (non-hydrogen) atoms. The summed E-state index contributed by atoms with van der Waals surface area (Å²) in [5.74, 6) is -0.719. The van der Waals surface area contributed by atoms with Crippen molar-refractivity contribution in [1.29, 1.82) is 0 Å². The van der Waals surface area contributed by atoms with Gasteiger partial charge in [0.1, 0.15) is 11.6 Å². The van der Waals surface area contributed by atoms with Crippen LogP contribution in [-0.4, -0.2) is 17.2 Å². The predicted molar refractivity (Wildman–Crippen MR) is 144 cm³/mol. The molecule has 0 unspecified atom stereocenters. The van der Waals surface area contributed by atoms with Gasteiger partial charge >= 0.3 is 5.97 Å². The third-order valence-corrected chi connectivity index (χ3v) is 7.23. The van der Waals surface area contributed by atoms with E-state index < -0.39 is 11.8 Å². The lowest BCUT2D eigenvalue weighted by Gasteiger charge is -2.33. The van der Waals surface area contributed by atoms with Crippen molar-refractivity contribution in [3.05, 3.63) is 113 Å². The van der Waals surface area contributed by atoms with Gasteiger partial charge in [0.25, 0.3) is 0 Å². The zero-order valence-electron chi connectivity index (χ0n) is 20.2. The Morgan fingerprint density at radius 3 is 2.61 bits per heavy atom. The van der Waals surface area contributed by atoms with Gasteiger partial charge in [0, 0.05) is 11.5 Å². The molecular formula is C31H30ClFO3. The average molecular weight is 505 g/mol. The van der Waals surface area contributed by atoms with E-state index in [1.165, 1.54) is 28.5 Å². The van der Waals surface area contributed by atoms with Gasteiger partial charge in [-0.2, -0.15) is 0 Å². The lowest BCUT2D eigenvalue weighted by Crippen LogP contribution is -2.26. The van der Waals surface area contributed by atoms with Crippen molar-refractivity contribution >= 4 is 29.1 Å². The van der Waals surface area contributed by atoms with E-state index >= 15 is 0 Å². The molecule has 1 heterocycles. The highest BCUT2D eigenvalue weighted by Gasteiger charge is 2.30. The molecule has 0 fully saturated rings. The van der Waals surface area contributed by atoms with Gasteiger partial charge in [-0.05, 0) is 71.7 Å². The van der Waals surface area contributed by atoms with Gasteiger partial charge in [0.05, 0.1) is 11.7 Å². The highest BCUT2D eigenvalue weighted by atomic mass is 35.5. The van der Waals surface area contributed by atoms with E-state index in [1.54, 1.807) is 6.07 Å². The highest BCUT2D eigenvalue weighted by Crippen LogP contribution is 2.42. The summed E-state index contributed by atoms with van der Waals surface area (Å²) in [6, 6.07) is 27.4. The summed E-state index contributed by atoms with van der Waals surface area (Å²) in [6.07, 6.45) is 3.75. The van der Waals surface area contributed by atoms with Gasteiger partial charge in [-0.25, -0.2) is 9.18 Å². The molecule has 186 valence electrons. The van der Waals surface area contributed by atoms with Crippen LogP contribution >= 0.6 is 12.4 Å². The summed E-state index contributed by atoms with van der Waals surface area (Å²) < 4.78 is 20.4. The van der Waals surface area contributed by atoms with E-state index in [4.69, 9.17) is 4.74 Å². The van der Waals surface area contributed by atoms with Gasteiger partial charge in [-0.15, -0.1) is 12.4 Å². The molecule has 4 aromatic rings. The minimum Gasteiger partial charge on any atom is -0.490 e. The van der Waals surface area contributed by atoms with Gasteiger partial charge in [0.15, 0.2) is 0 Å². The lowest BCUT2D eigenvalue weighted by molar-refractivity contribution is 0.0691. The van der Waals surface area contributed by atoms with Crippen LogP contribution in [0.25, 0.3) is 10.8 Å². The van der Waals surface area contributed by atoms with Crippen molar-refractivity contribution in [1.82, 2.24) is 0 Å². The van der Waals surface area contributed by atoms with E-state index in [0.29, 0.717) is 5.92 Å². The van der Waals surface area contributed by atoms with Crippen LogP contribution in [0.15, 0.2) is 84.9 Å². The third-order valence-electron chi connectivity index (χ3n) is 7.23.